The molecule has 3 rings (SSSR count). The van der Waals surface area contributed by atoms with Crippen LogP contribution >= 0.6 is 0 Å². The second kappa shape index (κ2) is 7.99. The van der Waals surface area contributed by atoms with Gasteiger partial charge in [-0.15, -0.1) is 0 Å². The molecule has 0 atom stereocenters. The largest absolute Gasteiger partial charge is 0.324 e. The molecule has 0 aliphatic rings. The molecule has 138 valence electrons. The smallest absolute Gasteiger partial charge is 0.277 e. The maximum absolute atomic E-state index is 13.0. The van der Waals surface area contributed by atoms with Gasteiger partial charge in [0.25, 0.3) is 5.91 Å². The lowest BCUT2D eigenvalue weighted by molar-refractivity contribution is 0.0983. The maximum atomic E-state index is 13.0. The second-order valence-electron chi connectivity index (χ2n) is 6.53. The summed E-state index contributed by atoms with van der Waals surface area (Å²) in [6.45, 7) is 8.51. The number of rotatable bonds is 5. The van der Waals surface area contributed by atoms with Gasteiger partial charge in [0.2, 0.25) is 5.95 Å². The number of aromatic nitrogens is 2. The van der Waals surface area contributed by atoms with E-state index < -0.39 is 0 Å². The Hall–Kier alpha value is -3.21. The molecule has 1 aromatic heterocycles. The van der Waals surface area contributed by atoms with Gasteiger partial charge in [0, 0.05) is 23.6 Å². The Bertz CT molecular complexity index is 954. The van der Waals surface area contributed by atoms with Crippen LogP contribution in [-0.2, 0) is 0 Å². The van der Waals surface area contributed by atoms with E-state index in [0.717, 1.165) is 17.1 Å². The van der Waals surface area contributed by atoms with Gasteiger partial charge in [-0.3, -0.25) is 4.79 Å². The van der Waals surface area contributed by atoms with Crippen molar-refractivity contribution in [1.82, 2.24) is 9.97 Å². The van der Waals surface area contributed by atoms with Crippen molar-refractivity contribution < 1.29 is 4.79 Å². The molecule has 0 radical (unpaired) electrons. The van der Waals surface area contributed by atoms with Gasteiger partial charge in [-0.2, -0.15) is 0 Å². The normalized spacial score (nSPS) is 10.5. The summed E-state index contributed by atoms with van der Waals surface area (Å²) >= 11 is 0. The number of anilines is 3. The van der Waals surface area contributed by atoms with Gasteiger partial charge >= 0.3 is 0 Å². The zero-order chi connectivity index (χ0) is 19.4. The first-order valence-corrected chi connectivity index (χ1v) is 9.05. The third-order valence-corrected chi connectivity index (χ3v) is 4.47. The zero-order valence-corrected chi connectivity index (χ0v) is 16.2. The number of carbonyl (C=O) groups excluding carboxylic acids is 1. The van der Waals surface area contributed by atoms with Crippen LogP contribution in [0.4, 0.5) is 17.3 Å². The minimum Gasteiger partial charge on any atom is -0.324 e. The van der Waals surface area contributed by atoms with Crippen LogP contribution in [0.5, 0.6) is 0 Å². The number of aryl methyl sites for hydroxylation is 3. The third-order valence-electron chi connectivity index (χ3n) is 4.47. The summed E-state index contributed by atoms with van der Waals surface area (Å²) in [6, 6.07) is 17.4. The molecule has 0 fully saturated rings. The Kier molecular flexibility index (Phi) is 5.50. The summed E-state index contributed by atoms with van der Waals surface area (Å²) in [6.07, 6.45) is 0. The molecule has 0 spiro atoms. The van der Waals surface area contributed by atoms with Gasteiger partial charge in [-0.25, -0.2) is 9.97 Å². The summed E-state index contributed by atoms with van der Waals surface area (Å²) < 4.78 is 0. The van der Waals surface area contributed by atoms with E-state index in [1.165, 1.54) is 11.1 Å². The van der Waals surface area contributed by atoms with Gasteiger partial charge < -0.3 is 10.2 Å². The minimum absolute atomic E-state index is 0.141. The number of hydrogen-bond donors (Lipinski definition) is 1. The highest BCUT2D eigenvalue weighted by Gasteiger charge is 2.19. The van der Waals surface area contributed by atoms with Crippen molar-refractivity contribution in [2.75, 3.05) is 16.8 Å². The van der Waals surface area contributed by atoms with Gasteiger partial charge in [0.1, 0.15) is 5.69 Å². The summed E-state index contributed by atoms with van der Waals surface area (Å²) in [5.41, 5.74) is 5.28. The van der Waals surface area contributed by atoms with Crippen LogP contribution in [0.25, 0.3) is 0 Å². The summed E-state index contributed by atoms with van der Waals surface area (Å²) in [7, 11) is 0. The van der Waals surface area contributed by atoms with E-state index in [0.29, 0.717) is 18.2 Å². The number of nitrogens with one attached hydrogen (secondary N) is 1. The fourth-order valence-corrected chi connectivity index (χ4v) is 2.87. The molecule has 0 aliphatic heterocycles. The quantitative estimate of drug-likeness (QED) is 0.709. The molecule has 3 aromatic rings. The van der Waals surface area contributed by atoms with E-state index in [-0.39, 0.29) is 5.91 Å². The molecular formula is C22H24N4O. The first-order valence-electron chi connectivity index (χ1n) is 9.05. The fraction of sp³-hybridized carbons (Fsp3) is 0.227. The number of carbonyl (C=O) groups is 1. The van der Waals surface area contributed by atoms with Crippen molar-refractivity contribution in [3.8, 4) is 0 Å². The Labute approximate surface area is 160 Å². The molecular weight excluding hydrogens is 336 g/mol. The number of nitrogens with zero attached hydrogens (tertiary/aromatic N) is 3. The molecule has 0 saturated heterocycles. The van der Waals surface area contributed by atoms with Crippen LogP contribution in [0, 0.1) is 20.8 Å². The predicted octanol–water partition coefficient (Wildman–Crippen LogP) is 4.81. The second-order valence-corrected chi connectivity index (χ2v) is 6.53. The first kappa shape index (κ1) is 18.6. The van der Waals surface area contributed by atoms with Crippen LogP contribution in [0.3, 0.4) is 0 Å². The highest BCUT2D eigenvalue weighted by molar-refractivity contribution is 6.05. The lowest BCUT2D eigenvalue weighted by atomic mass is 10.1. The van der Waals surface area contributed by atoms with Gasteiger partial charge in [-0.1, -0.05) is 24.3 Å². The SMILES string of the molecule is CCN(C(=O)c1cc(C)nc(Nc2ccc(C)c(C)c2)n1)c1ccccc1. The molecule has 0 unspecified atom stereocenters. The molecule has 5 nitrogen and oxygen atoms in total. The Morgan fingerprint density at radius 1 is 0.963 bits per heavy atom. The molecule has 0 bridgehead atoms. The molecule has 2 aromatic carbocycles. The highest BCUT2D eigenvalue weighted by atomic mass is 16.2. The fourth-order valence-electron chi connectivity index (χ4n) is 2.87. The van der Waals surface area contributed by atoms with Crippen molar-refractivity contribution in [2.24, 2.45) is 0 Å². The maximum Gasteiger partial charge on any atom is 0.277 e. The molecule has 0 aliphatic carbocycles. The number of hydrogen-bond acceptors (Lipinski definition) is 4. The van der Waals surface area contributed by atoms with E-state index in [1.807, 2.05) is 62.4 Å². The van der Waals surface area contributed by atoms with Crippen LogP contribution in [0.1, 0.15) is 34.2 Å². The van der Waals surface area contributed by atoms with E-state index in [1.54, 1.807) is 11.0 Å². The molecule has 1 amide bonds. The summed E-state index contributed by atoms with van der Waals surface area (Å²) in [4.78, 5) is 23.6. The third kappa shape index (κ3) is 4.31. The van der Waals surface area contributed by atoms with Crippen molar-refractivity contribution in [3.63, 3.8) is 0 Å². The first-order chi connectivity index (χ1) is 13.0. The predicted molar refractivity (Wildman–Crippen MR) is 110 cm³/mol. The average Bonchev–Trinajstić information content (AvgIpc) is 2.66. The van der Waals surface area contributed by atoms with Crippen LogP contribution < -0.4 is 10.2 Å². The summed E-state index contributed by atoms with van der Waals surface area (Å²) in [5, 5.41) is 3.21. The molecule has 1 heterocycles. The Morgan fingerprint density at radius 2 is 1.70 bits per heavy atom. The minimum atomic E-state index is -0.141. The van der Waals surface area contributed by atoms with E-state index in [4.69, 9.17) is 0 Å². The van der Waals surface area contributed by atoms with Gasteiger partial charge in [0.15, 0.2) is 0 Å². The zero-order valence-electron chi connectivity index (χ0n) is 16.2. The van der Waals surface area contributed by atoms with E-state index in [9.17, 15) is 4.79 Å². The number of amides is 1. The molecule has 5 heteroatoms. The Balaban J connectivity index is 1.90. The Morgan fingerprint density at radius 3 is 2.37 bits per heavy atom. The monoisotopic (exact) mass is 360 g/mol. The van der Waals surface area contributed by atoms with E-state index >= 15 is 0 Å². The topological polar surface area (TPSA) is 58.1 Å². The van der Waals surface area contributed by atoms with Gasteiger partial charge in [-0.05, 0) is 69.2 Å². The van der Waals surface area contributed by atoms with E-state index in [2.05, 4.69) is 29.1 Å². The lowest BCUT2D eigenvalue weighted by Crippen LogP contribution is -2.31. The standard InChI is InChI=1S/C22H24N4O/c1-5-26(19-9-7-6-8-10-19)21(27)20-14-17(4)23-22(25-20)24-18-12-11-15(2)16(3)13-18/h6-14H,5H2,1-4H3,(H,23,24,25). The average molecular weight is 360 g/mol. The summed E-state index contributed by atoms with van der Waals surface area (Å²) in [5.74, 6) is 0.281. The number of benzene rings is 2. The van der Waals surface area contributed by atoms with Crippen molar-refractivity contribution in [2.45, 2.75) is 27.7 Å². The van der Waals surface area contributed by atoms with Crippen molar-refractivity contribution >= 4 is 23.2 Å². The molecule has 1 N–H and O–H groups in total. The van der Waals surface area contributed by atoms with Crippen molar-refractivity contribution in [1.29, 1.82) is 0 Å². The highest BCUT2D eigenvalue weighted by Crippen LogP contribution is 2.20. The number of para-hydroxylation sites is 1. The van der Waals surface area contributed by atoms with Crippen LogP contribution in [-0.4, -0.2) is 22.4 Å². The van der Waals surface area contributed by atoms with Crippen LogP contribution in [0.2, 0.25) is 0 Å². The molecule has 27 heavy (non-hydrogen) atoms. The van der Waals surface area contributed by atoms with Crippen molar-refractivity contribution in [3.05, 3.63) is 77.1 Å². The van der Waals surface area contributed by atoms with Gasteiger partial charge in [0.05, 0.1) is 0 Å². The lowest BCUT2D eigenvalue weighted by Gasteiger charge is -2.21. The molecule has 0 saturated carbocycles. The van der Waals surface area contributed by atoms with Crippen LogP contribution in [0.15, 0.2) is 54.6 Å².